The Morgan fingerprint density at radius 2 is 1.90 bits per heavy atom. The lowest BCUT2D eigenvalue weighted by Gasteiger charge is -2.13. The summed E-state index contributed by atoms with van der Waals surface area (Å²) >= 11 is 5.74. The van der Waals surface area contributed by atoms with Crippen LogP contribution in [-0.4, -0.2) is 31.9 Å². The molecule has 0 heterocycles. The summed E-state index contributed by atoms with van der Waals surface area (Å²) in [6, 6.07) is 6.48. The van der Waals surface area contributed by atoms with Crippen LogP contribution in [0, 0.1) is 0 Å². The molecule has 0 aliphatic rings. The van der Waals surface area contributed by atoms with E-state index in [0.717, 1.165) is 0 Å². The highest BCUT2D eigenvalue weighted by Gasteiger charge is 2.12. The fourth-order valence-corrected chi connectivity index (χ4v) is 1.61. The topological polar surface area (TPSA) is 61.8 Å². The molecule has 1 aromatic carbocycles. The van der Waals surface area contributed by atoms with E-state index in [1.54, 1.807) is 31.2 Å². The van der Waals surface area contributed by atoms with Crippen molar-refractivity contribution in [2.24, 2.45) is 0 Å². The van der Waals surface area contributed by atoms with Crippen LogP contribution >= 0.6 is 11.6 Å². The largest absolute Gasteiger partial charge is 0.507 e. The van der Waals surface area contributed by atoms with Crippen molar-refractivity contribution in [3.63, 3.8) is 0 Å². The van der Waals surface area contributed by atoms with Crippen LogP contribution < -0.4 is 0 Å². The molecule has 0 fully saturated rings. The molecule has 0 radical (unpaired) electrons. The normalized spacial score (nSPS) is 11.6. The third-order valence-corrected chi connectivity index (χ3v) is 2.78. The monoisotopic (exact) mass is 300 g/mol. The number of rotatable bonds is 6. The first-order chi connectivity index (χ1) is 9.52. The quantitative estimate of drug-likeness (QED) is 0.595. The van der Waals surface area contributed by atoms with Gasteiger partial charge in [-0.25, -0.2) is 9.59 Å². The van der Waals surface area contributed by atoms with Crippen molar-refractivity contribution in [3.05, 3.63) is 34.9 Å². The molecule has 1 rings (SSSR count). The van der Waals surface area contributed by atoms with E-state index in [2.05, 4.69) is 4.74 Å². The number of hydrogen-bond acceptors (Lipinski definition) is 5. The first-order valence-corrected chi connectivity index (χ1v) is 6.58. The van der Waals surface area contributed by atoms with Gasteiger partial charge in [0.15, 0.2) is 0 Å². The Bertz CT molecular complexity index is 443. The van der Waals surface area contributed by atoms with E-state index in [1.165, 1.54) is 7.11 Å². The highest BCUT2D eigenvalue weighted by Crippen LogP contribution is 2.12. The predicted molar refractivity (Wildman–Crippen MR) is 73.9 cm³/mol. The second kappa shape index (κ2) is 8.43. The lowest BCUT2D eigenvalue weighted by Crippen LogP contribution is -2.16. The van der Waals surface area contributed by atoms with E-state index in [4.69, 9.17) is 21.1 Å². The number of hydrogen-bond donors (Lipinski definition) is 0. The van der Waals surface area contributed by atoms with Gasteiger partial charge < -0.3 is 14.2 Å². The number of carbonyl (C=O) groups is 2. The predicted octanol–water partition coefficient (Wildman–Crippen LogP) is 3.45. The Kier molecular flexibility index (Phi) is 6.87. The van der Waals surface area contributed by atoms with Crippen LogP contribution in [0.1, 0.15) is 30.1 Å². The molecule has 1 unspecified atom stereocenters. The van der Waals surface area contributed by atoms with E-state index < -0.39 is 12.1 Å². The molecule has 6 heteroatoms. The molecule has 0 aliphatic heterocycles. The van der Waals surface area contributed by atoms with Gasteiger partial charge >= 0.3 is 12.1 Å². The van der Waals surface area contributed by atoms with Crippen LogP contribution in [0.15, 0.2) is 24.3 Å². The van der Waals surface area contributed by atoms with Crippen molar-refractivity contribution < 1.29 is 23.8 Å². The third kappa shape index (κ3) is 5.93. The molecule has 20 heavy (non-hydrogen) atoms. The van der Waals surface area contributed by atoms with Crippen molar-refractivity contribution in [3.8, 4) is 0 Å². The van der Waals surface area contributed by atoms with Gasteiger partial charge in [0.25, 0.3) is 0 Å². The molecule has 0 amide bonds. The zero-order valence-electron chi connectivity index (χ0n) is 11.4. The zero-order valence-corrected chi connectivity index (χ0v) is 12.2. The summed E-state index contributed by atoms with van der Waals surface area (Å²) in [5.74, 6) is -0.400. The van der Waals surface area contributed by atoms with Gasteiger partial charge in [-0.15, -0.1) is 0 Å². The van der Waals surface area contributed by atoms with Gasteiger partial charge in [-0.3, -0.25) is 0 Å². The summed E-state index contributed by atoms with van der Waals surface area (Å²) in [5, 5.41) is 0.564. The van der Waals surface area contributed by atoms with Crippen LogP contribution in [0.2, 0.25) is 5.02 Å². The molecule has 0 N–H and O–H groups in total. The minimum Gasteiger partial charge on any atom is -0.459 e. The number of benzene rings is 1. The maximum absolute atomic E-state index is 11.8. The van der Waals surface area contributed by atoms with Gasteiger partial charge in [-0.1, -0.05) is 11.6 Å². The fourth-order valence-electron chi connectivity index (χ4n) is 1.48. The summed E-state index contributed by atoms with van der Waals surface area (Å²) in [5.41, 5.74) is 0.451. The second-order valence-corrected chi connectivity index (χ2v) is 4.60. The molecule has 1 atom stereocenters. The molecular weight excluding hydrogens is 284 g/mol. The van der Waals surface area contributed by atoms with Crippen molar-refractivity contribution in [1.29, 1.82) is 0 Å². The van der Waals surface area contributed by atoms with Gasteiger partial charge in [0.2, 0.25) is 0 Å². The van der Waals surface area contributed by atoms with Crippen molar-refractivity contribution in [2.75, 3.05) is 13.7 Å². The van der Waals surface area contributed by atoms with E-state index in [1.807, 2.05) is 0 Å². The molecule has 0 aromatic heterocycles. The van der Waals surface area contributed by atoms with Gasteiger partial charge in [0.05, 0.1) is 25.4 Å². The molecule has 0 aliphatic carbocycles. The van der Waals surface area contributed by atoms with E-state index >= 15 is 0 Å². The number of carbonyl (C=O) groups excluding carboxylic acids is 2. The number of ether oxygens (including phenoxy) is 3. The van der Waals surface area contributed by atoms with Crippen LogP contribution in [0.25, 0.3) is 0 Å². The van der Waals surface area contributed by atoms with Crippen molar-refractivity contribution in [2.45, 2.75) is 25.9 Å². The fraction of sp³-hybridized carbons (Fsp3) is 0.429. The summed E-state index contributed by atoms with van der Waals surface area (Å²) in [6.07, 6.45) is 0.204. The minimum absolute atomic E-state index is 0.232. The minimum atomic E-state index is -0.712. The molecule has 0 spiro atoms. The SMILES string of the molecule is COC(=O)OCCCC(C)OC(=O)c1ccc(Cl)cc1. The summed E-state index contributed by atoms with van der Waals surface area (Å²) in [4.78, 5) is 22.5. The molecule has 0 saturated carbocycles. The van der Waals surface area contributed by atoms with Crippen molar-refractivity contribution in [1.82, 2.24) is 0 Å². The van der Waals surface area contributed by atoms with Crippen LogP contribution in [0.5, 0.6) is 0 Å². The Hall–Kier alpha value is -1.75. The standard InChI is InChI=1S/C14H17ClO5/c1-10(4-3-9-19-14(17)18-2)20-13(16)11-5-7-12(15)8-6-11/h5-8,10H,3-4,9H2,1-2H3. The Morgan fingerprint density at radius 3 is 2.50 bits per heavy atom. The second-order valence-electron chi connectivity index (χ2n) is 4.17. The average Bonchev–Trinajstić information content (AvgIpc) is 2.43. The van der Waals surface area contributed by atoms with Gasteiger partial charge in [-0.2, -0.15) is 0 Å². The summed E-state index contributed by atoms with van der Waals surface area (Å²) in [6.45, 7) is 2.02. The Balaban J connectivity index is 2.28. The lowest BCUT2D eigenvalue weighted by molar-refractivity contribution is 0.0287. The third-order valence-electron chi connectivity index (χ3n) is 2.53. The smallest absolute Gasteiger partial charge is 0.459 e. The van der Waals surface area contributed by atoms with Gasteiger partial charge in [-0.05, 0) is 44.0 Å². The molecule has 0 bridgehead atoms. The first-order valence-electron chi connectivity index (χ1n) is 6.20. The van der Waals surface area contributed by atoms with Crippen LogP contribution in [-0.2, 0) is 14.2 Å². The van der Waals surface area contributed by atoms with E-state index in [9.17, 15) is 9.59 Å². The summed E-state index contributed by atoms with van der Waals surface area (Å²) < 4.78 is 14.3. The van der Waals surface area contributed by atoms with E-state index in [-0.39, 0.29) is 12.7 Å². The number of halogens is 1. The molecule has 1 aromatic rings. The number of esters is 1. The molecular formula is C14H17ClO5. The first kappa shape index (κ1) is 16.3. The lowest BCUT2D eigenvalue weighted by atomic mass is 10.2. The molecule has 110 valence electrons. The molecule has 5 nitrogen and oxygen atoms in total. The highest BCUT2D eigenvalue weighted by atomic mass is 35.5. The van der Waals surface area contributed by atoms with Crippen LogP contribution in [0.4, 0.5) is 4.79 Å². The van der Waals surface area contributed by atoms with Gasteiger partial charge in [0, 0.05) is 5.02 Å². The maximum Gasteiger partial charge on any atom is 0.507 e. The van der Waals surface area contributed by atoms with Crippen molar-refractivity contribution >= 4 is 23.7 Å². The van der Waals surface area contributed by atoms with Gasteiger partial charge in [0.1, 0.15) is 0 Å². The van der Waals surface area contributed by atoms with Crippen LogP contribution in [0.3, 0.4) is 0 Å². The average molecular weight is 301 g/mol. The van der Waals surface area contributed by atoms with E-state index in [0.29, 0.717) is 23.4 Å². The summed E-state index contributed by atoms with van der Waals surface area (Å²) in [7, 11) is 1.25. The zero-order chi connectivity index (χ0) is 15.0. The highest BCUT2D eigenvalue weighted by molar-refractivity contribution is 6.30. The number of methoxy groups -OCH3 is 1. The Labute approximate surface area is 122 Å². The molecule has 0 saturated heterocycles. The Morgan fingerprint density at radius 1 is 1.25 bits per heavy atom. The maximum atomic E-state index is 11.8.